The fourth-order valence-electron chi connectivity index (χ4n) is 2.30. The lowest BCUT2D eigenvalue weighted by Gasteiger charge is -2.35. The number of ether oxygens (including phenoxy) is 2. The van der Waals surface area contributed by atoms with Crippen molar-refractivity contribution >= 4 is 17.7 Å². The lowest BCUT2D eigenvalue weighted by atomic mass is 9.96. The van der Waals surface area contributed by atoms with Crippen LogP contribution < -0.4 is 10.6 Å². The Balaban J connectivity index is 2.14. The van der Waals surface area contributed by atoms with Gasteiger partial charge in [0, 0.05) is 13.1 Å². The molecule has 0 aromatic carbocycles. The number of aliphatic carboxylic acids is 2. The molecule has 0 spiro atoms. The summed E-state index contributed by atoms with van der Waals surface area (Å²) in [7, 11) is 0. The van der Waals surface area contributed by atoms with E-state index in [1.165, 1.54) is 0 Å². The van der Waals surface area contributed by atoms with Crippen LogP contribution in [0.3, 0.4) is 0 Å². The van der Waals surface area contributed by atoms with Crippen molar-refractivity contribution in [1.82, 2.24) is 10.6 Å². The number of ketones is 1. The average molecular weight is 288 g/mol. The van der Waals surface area contributed by atoms with Crippen LogP contribution in [-0.2, 0) is 23.9 Å². The zero-order chi connectivity index (χ0) is 14.7. The Morgan fingerprint density at radius 2 is 1.25 bits per heavy atom. The summed E-state index contributed by atoms with van der Waals surface area (Å²) in [5.41, 5.74) is 0. The summed E-state index contributed by atoms with van der Waals surface area (Å²) in [4.78, 5) is 34.5. The summed E-state index contributed by atoms with van der Waals surface area (Å²) < 4.78 is 10.4. The van der Waals surface area contributed by atoms with Gasteiger partial charge >= 0.3 is 11.9 Å². The van der Waals surface area contributed by atoms with E-state index in [4.69, 9.17) is 19.7 Å². The minimum Gasteiger partial charge on any atom is -0.480 e. The topological polar surface area (TPSA) is 134 Å². The van der Waals surface area contributed by atoms with Crippen molar-refractivity contribution in [3.05, 3.63) is 0 Å². The molecule has 0 aliphatic carbocycles. The third-order valence-corrected chi connectivity index (χ3v) is 3.23. The van der Waals surface area contributed by atoms with E-state index in [2.05, 4.69) is 10.6 Å². The molecule has 4 N–H and O–H groups in total. The summed E-state index contributed by atoms with van der Waals surface area (Å²) >= 11 is 0. The molecule has 2 aliphatic heterocycles. The molecular weight excluding hydrogens is 272 g/mol. The first-order chi connectivity index (χ1) is 9.52. The molecule has 20 heavy (non-hydrogen) atoms. The van der Waals surface area contributed by atoms with Crippen molar-refractivity contribution in [1.29, 1.82) is 0 Å². The van der Waals surface area contributed by atoms with E-state index in [0.717, 1.165) is 0 Å². The number of carboxylic acids is 2. The molecule has 2 aliphatic rings. The summed E-state index contributed by atoms with van der Waals surface area (Å²) in [5.74, 6) is -3.12. The van der Waals surface area contributed by atoms with Gasteiger partial charge in [0.05, 0.1) is 13.2 Å². The molecule has 2 rings (SSSR count). The van der Waals surface area contributed by atoms with Crippen LogP contribution in [0.25, 0.3) is 0 Å². The quantitative estimate of drug-likeness (QED) is 0.440. The second-order valence-electron chi connectivity index (χ2n) is 4.53. The second kappa shape index (κ2) is 6.27. The van der Waals surface area contributed by atoms with Gasteiger partial charge in [0.2, 0.25) is 0 Å². The third kappa shape index (κ3) is 2.96. The maximum atomic E-state index is 12.3. The van der Waals surface area contributed by atoms with Crippen LogP contribution in [0.2, 0.25) is 0 Å². The van der Waals surface area contributed by atoms with E-state index in [0.29, 0.717) is 13.1 Å². The van der Waals surface area contributed by atoms with Crippen LogP contribution in [0.4, 0.5) is 0 Å². The van der Waals surface area contributed by atoms with E-state index in [1.54, 1.807) is 0 Å². The van der Waals surface area contributed by atoms with E-state index < -0.39 is 42.0 Å². The highest BCUT2D eigenvalue weighted by atomic mass is 16.5. The Morgan fingerprint density at radius 1 is 0.850 bits per heavy atom. The summed E-state index contributed by atoms with van der Waals surface area (Å²) in [6.45, 7) is 0.982. The Labute approximate surface area is 114 Å². The lowest BCUT2D eigenvalue weighted by molar-refractivity contribution is -0.165. The van der Waals surface area contributed by atoms with Crippen molar-refractivity contribution in [3.63, 3.8) is 0 Å². The maximum Gasteiger partial charge on any atom is 0.323 e. The van der Waals surface area contributed by atoms with E-state index >= 15 is 0 Å². The van der Waals surface area contributed by atoms with Crippen molar-refractivity contribution in [2.45, 2.75) is 24.3 Å². The van der Waals surface area contributed by atoms with Gasteiger partial charge in [0.25, 0.3) is 0 Å². The van der Waals surface area contributed by atoms with Crippen molar-refractivity contribution < 1.29 is 34.1 Å². The zero-order valence-electron chi connectivity index (χ0n) is 10.6. The first-order valence-corrected chi connectivity index (χ1v) is 6.21. The zero-order valence-corrected chi connectivity index (χ0v) is 10.6. The van der Waals surface area contributed by atoms with Gasteiger partial charge in [-0.15, -0.1) is 0 Å². The highest BCUT2D eigenvalue weighted by molar-refractivity contribution is 5.96. The lowest BCUT2D eigenvalue weighted by Crippen LogP contribution is -2.63. The molecular formula is C11H16N2O7. The molecule has 4 unspecified atom stereocenters. The third-order valence-electron chi connectivity index (χ3n) is 3.23. The number of carbonyl (C=O) groups is 3. The summed E-state index contributed by atoms with van der Waals surface area (Å²) in [6.07, 6.45) is -2.51. The minimum atomic E-state index is -1.26. The molecule has 0 radical (unpaired) electrons. The molecule has 2 fully saturated rings. The SMILES string of the molecule is O=C(O)C1NCCOC1C(=O)C1OCCNC1C(=O)O. The van der Waals surface area contributed by atoms with Gasteiger partial charge < -0.3 is 19.7 Å². The molecule has 112 valence electrons. The maximum absolute atomic E-state index is 12.3. The number of nitrogens with one attached hydrogen (secondary N) is 2. The number of hydrogen-bond donors (Lipinski definition) is 4. The van der Waals surface area contributed by atoms with Crippen LogP contribution in [0.15, 0.2) is 0 Å². The Hall–Kier alpha value is -1.55. The molecule has 4 atom stereocenters. The summed E-state index contributed by atoms with van der Waals surface area (Å²) in [6, 6.07) is -2.40. The number of Topliss-reactive ketones (excluding diaryl/α,β-unsaturated/α-hetero) is 1. The Morgan fingerprint density at radius 3 is 1.60 bits per heavy atom. The number of carboxylic acid groups (broad SMARTS) is 2. The monoisotopic (exact) mass is 288 g/mol. The average Bonchev–Trinajstić information content (AvgIpc) is 2.46. The molecule has 0 aromatic rings. The predicted octanol–water partition coefficient (Wildman–Crippen LogP) is -2.56. The highest BCUT2D eigenvalue weighted by Gasteiger charge is 2.45. The van der Waals surface area contributed by atoms with Crippen LogP contribution in [-0.4, -0.2) is 78.5 Å². The van der Waals surface area contributed by atoms with Gasteiger partial charge in [-0.3, -0.25) is 25.0 Å². The highest BCUT2D eigenvalue weighted by Crippen LogP contribution is 2.15. The van der Waals surface area contributed by atoms with Gasteiger partial charge in [-0.1, -0.05) is 0 Å². The largest absolute Gasteiger partial charge is 0.480 e. The molecule has 9 nitrogen and oxygen atoms in total. The molecule has 0 aromatic heterocycles. The molecule has 2 heterocycles. The second-order valence-corrected chi connectivity index (χ2v) is 4.53. The van der Waals surface area contributed by atoms with Crippen molar-refractivity contribution in [2.75, 3.05) is 26.3 Å². The number of carbonyl (C=O) groups excluding carboxylic acids is 1. The van der Waals surface area contributed by atoms with Crippen molar-refractivity contribution in [3.8, 4) is 0 Å². The van der Waals surface area contributed by atoms with Crippen LogP contribution in [0.1, 0.15) is 0 Å². The molecule has 0 amide bonds. The van der Waals surface area contributed by atoms with Gasteiger partial charge in [0.15, 0.2) is 5.78 Å². The van der Waals surface area contributed by atoms with Crippen molar-refractivity contribution in [2.24, 2.45) is 0 Å². The molecule has 9 heteroatoms. The summed E-state index contributed by atoms with van der Waals surface area (Å²) in [5, 5.41) is 23.5. The standard InChI is InChI=1S/C11H16N2O7/c14-7(8-5(10(15)16)12-1-3-19-8)9-6(11(17)18)13-2-4-20-9/h5-6,8-9,12-13H,1-4H2,(H,15,16)(H,17,18). The number of hydrogen-bond acceptors (Lipinski definition) is 7. The normalized spacial score (nSPS) is 34.4. The fraction of sp³-hybridized carbons (Fsp3) is 0.727. The van der Waals surface area contributed by atoms with Crippen LogP contribution in [0, 0.1) is 0 Å². The number of rotatable bonds is 4. The molecule has 0 bridgehead atoms. The number of morpholine rings is 2. The first-order valence-electron chi connectivity index (χ1n) is 6.21. The van der Waals surface area contributed by atoms with Gasteiger partial charge in [-0.2, -0.15) is 0 Å². The molecule has 0 saturated carbocycles. The predicted molar refractivity (Wildman–Crippen MR) is 63.3 cm³/mol. The van der Waals surface area contributed by atoms with Gasteiger partial charge in [0.1, 0.15) is 24.3 Å². The van der Waals surface area contributed by atoms with Gasteiger partial charge in [-0.25, -0.2) is 0 Å². The molecule has 2 saturated heterocycles. The van der Waals surface area contributed by atoms with Gasteiger partial charge in [-0.05, 0) is 0 Å². The first kappa shape index (κ1) is 14.9. The Bertz CT molecular complexity index is 378. The van der Waals surface area contributed by atoms with Crippen LogP contribution in [0.5, 0.6) is 0 Å². The van der Waals surface area contributed by atoms with Crippen LogP contribution >= 0.6 is 0 Å². The Kier molecular flexibility index (Phi) is 4.65. The smallest absolute Gasteiger partial charge is 0.323 e. The van der Waals surface area contributed by atoms with E-state index in [1.807, 2.05) is 0 Å². The van der Waals surface area contributed by atoms with E-state index in [-0.39, 0.29) is 13.2 Å². The minimum absolute atomic E-state index is 0.179. The van der Waals surface area contributed by atoms with E-state index in [9.17, 15) is 14.4 Å². The fourth-order valence-corrected chi connectivity index (χ4v) is 2.30.